The summed E-state index contributed by atoms with van der Waals surface area (Å²) in [5, 5.41) is 8.95. The van der Waals surface area contributed by atoms with E-state index in [1.807, 2.05) is 4.72 Å². The van der Waals surface area contributed by atoms with Crippen molar-refractivity contribution in [3.63, 3.8) is 0 Å². The number of anilines is 1. The fourth-order valence-corrected chi connectivity index (χ4v) is 2.06. The molecule has 0 saturated heterocycles. The average Bonchev–Trinajstić information content (AvgIpc) is 2.25. The standard InChI is InChI=1S/C12H14F3NO4S/c1-11(2,3)21(19,20)16-9-5-4-7(12(13,14)15)6-8(9)10(17)18/h4-6,16H,1-3H3,(H,17,18). The minimum absolute atomic E-state index is 0.392. The molecular formula is C12H14F3NO4S. The van der Waals surface area contributed by atoms with E-state index in [4.69, 9.17) is 5.11 Å². The first-order chi connectivity index (χ1) is 9.25. The normalized spacial score (nSPS) is 13.0. The Bertz CT molecular complexity index is 660. The molecule has 0 atom stereocenters. The molecule has 1 rings (SSSR count). The van der Waals surface area contributed by atoms with Crippen molar-refractivity contribution < 1.29 is 31.5 Å². The summed E-state index contributed by atoms with van der Waals surface area (Å²) in [6.07, 6.45) is -4.72. The number of alkyl halides is 3. The molecule has 0 amide bonds. The number of carboxylic acid groups (broad SMARTS) is 1. The molecule has 21 heavy (non-hydrogen) atoms. The number of carboxylic acids is 1. The van der Waals surface area contributed by atoms with E-state index in [1.54, 1.807) is 0 Å². The lowest BCUT2D eigenvalue weighted by molar-refractivity contribution is -0.137. The SMILES string of the molecule is CC(C)(C)S(=O)(=O)Nc1ccc(C(F)(F)F)cc1C(=O)O. The number of sulfonamides is 1. The maximum Gasteiger partial charge on any atom is 0.416 e. The van der Waals surface area contributed by atoms with Crippen molar-refractivity contribution in [2.75, 3.05) is 4.72 Å². The van der Waals surface area contributed by atoms with Gasteiger partial charge in [-0.2, -0.15) is 13.2 Å². The number of nitrogens with one attached hydrogen (secondary N) is 1. The van der Waals surface area contributed by atoms with Gasteiger partial charge in [-0.3, -0.25) is 4.72 Å². The fraction of sp³-hybridized carbons (Fsp3) is 0.417. The van der Waals surface area contributed by atoms with Gasteiger partial charge in [-0.15, -0.1) is 0 Å². The van der Waals surface area contributed by atoms with E-state index < -0.39 is 43.7 Å². The molecule has 5 nitrogen and oxygen atoms in total. The van der Waals surface area contributed by atoms with Crippen LogP contribution in [0.3, 0.4) is 0 Å². The minimum atomic E-state index is -4.72. The van der Waals surface area contributed by atoms with Gasteiger partial charge in [0.1, 0.15) is 0 Å². The monoisotopic (exact) mass is 325 g/mol. The van der Waals surface area contributed by atoms with Crippen LogP contribution in [-0.4, -0.2) is 24.2 Å². The molecule has 2 N–H and O–H groups in total. The molecule has 0 heterocycles. The highest BCUT2D eigenvalue weighted by atomic mass is 32.2. The Morgan fingerprint density at radius 2 is 1.71 bits per heavy atom. The van der Waals surface area contributed by atoms with E-state index in [1.165, 1.54) is 20.8 Å². The maximum atomic E-state index is 12.6. The quantitative estimate of drug-likeness (QED) is 0.895. The second kappa shape index (κ2) is 5.21. The number of benzene rings is 1. The van der Waals surface area contributed by atoms with Crippen LogP contribution in [0.2, 0.25) is 0 Å². The van der Waals surface area contributed by atoms with E-state index in [9.17, 15) is 26.4 Å². The number of aromatic carboxylic acids is 1. The Morgan fingerprint density at radius 1 is 1.19 bits per heavy atom. The Labute approximate surface area is 119 Å². The molecule has 0 aliphatic rings. The van der Waals surface area contributed by atoms with Crippen LogP contribution in [-0.2, 0) is 16.2 Å². The van der Waals surface area contributed by atoms with Crippen molar-refractivity contribution in [3.8, 4) is 0 Å². The molecule has 0 fully saturated rings. The number of rotatable bonds is 3. The van der Waals surface area contributed by atoms with Gasteiger partial charge in [0.25, 0.3) is 0 Å². The predicted molar refractivity (Wildman–Crippen MR) is 70.7 cm³/mol. The molecule has 0 unspecified atom stereocenters. The van der Waals surface area contributed by atoms with Gasteiger partial charge in [-0.25, -0.2) is 13.2 Å². The molecule has 0 spiro atoms. The lowest BCUT2D eigenvalue weighted by atomic mass is 10.1. The van der Waals surface area contributed by atoms with E-state index in [2.05, 4.69) is 0 Å². The molecular weight excluding hydrogens is 311 g/mol. The van der Waals surface area contributed by atoms with Crippen LogP contribution in [0.5, 0.6) is 0 Å². The van der Waals surface area contributed by atoms with Crippen LogP contribution in [0.1, 0.15) is 36.7 Å². The van der Waals surface area contributed by atoms with Crippen molar-refractivity contribution in [2.45, 2.75) is 31.7 Å². The summed E-state index contributed by atoms with van der Waals surface area (Å²) in [7, 11) is -3.95. The molecule has 0 aliphatic heterocycles. The summed E-state index contributed by atoms with van der Waals surface area (Å²) in [5.74, 6) is -1.66. The second-order valence-electron chi connectivity index (χ2n) is 5.28. The van der Waals surface area contributed by atoms with Gasteiger partial charge in [0, 0.05) is 0 Å². The van der Waals surface area contributed by atoms with Crippen molar-refractivity contribution in [3.05, 3.63) is 29.3 Å². The molecule has 1 aromatic rings. The van der Waals surface area contributed by atoms with Crippen molar-refractivity contribution >= 4 is 21.7 Å². The van der Waals surface area contributed by atoms with Gasteiger partial charge in [0.15, 0.2) is 0 Å². The van der Waals surface area contributed by atoms with Crippen LogP contribution in [0.15, 0.2) is 18.2 Å². The number of hydrogen-bond donors (Lipinski definition) is 2. The minimum Gasteiger partial charge on any atom is -0.478 e. The van der Waals surface area contributed by atoms with Crippen LogP contribution in [0.25, 0.3) is 0 Å². The lowest BCUT2D eigenvalue weighted by Gasteiger charge is -2.21. The molecule has 0 bridgehead atoms. The molecule has 0 saturated carbocycles. The third-order valence-electron chi connectivity index (χ3n) is 2.63. The van der Waals surface area contributed by atoms with E-state index in [0.717, 1.165) is 6.07 Å². The first-order valence-electron chi connectivity index (χ1n) is 5.72. The number of halogens is 3. The average molecular weight is 325 g/mol. The third kappa shape index (κ3) is 3.87. The smallest absolute Gasteiger partial charge is 0.416 e. The lowest BCUT2D eigenvalue weighted by Crippen LogP contribution is -2.34. The van der Waals surface area contributed by atoms with Crippen LogP contribution in [0, 0.1) is 0 Å². The van der Waals surface area contributed by atoms with Gasteiger partial charge >= 0.3 is 12.1 Å². The maximum absolute atomic E-state index is 12.6. The van der Waals surface area contributed by atoms with E-state index in [0.29, 0.717) is 12.1 Å². The van der Waals surface area contributed by atoms with Gasteiger partial charge in [-0.1, -0.05) is 0 Å². The van der Waals surface area contributed by atoms with Gasteiger partial charge < -0.3 is 5.11 Å². The Kier molecular flexibility index (Phi) is 4.29. The van der Waals surface area contributed by atoms with Gasteiger partial charge in [-0.05, 0) is 39.0 Å². The molecule has 0 aliphatic carbocycles. The predicted octanol–water partition coefficient (Wildman–Crippen LogP) is 2.94. The highest BCUT2D eigenvalue weighted by Crippen LogP contribution is 2.32. The first kappa shape index (κ1) is 17.3. The van der Waals surface area contributed by atoms with Crippen LogP contribution < -0.4 is 4.72 Å². The van der Waals surface area contributed by atoms with Crippen molar-refractivity contribution in [1.82, 2.24) is 0 Å². The van der Waals surface area contributed by atoms with Crippen LogP contribution >= 0.6 is 0 Å². The largest absolute Gasteiger partial charge is 0.478 e. The van der Waals surface area contributed by atoms with Gasteiger partial charge in [0.05, 0.1) is 21.6 Å². The summed E-state index contributed by atoms with van der Waals surface area (Å²) in [5.41, 5.74) is -2.35. The second-order valence-corrected chi connectivity index (χ2v) is 7.72. The van der Waals surface area contributed by atoms with Crippen LogP contribution in [0.4, 0.5) is 18.9 Å². The zero-order valence-corrected chi connectivity index (χ0v) is 12.3. The van der Waals surface area contributed by atoms with Gasteiger partial charge in [0.2, 0.25) is 10.0 Å². The number of hydrogen-bond acceptors (Lipinski definition) is 3. The zero-order valence-electron chi connectivity index (χ0n) is 11.4. The Morgan fingerprint density at radius 3 is 2.10 bits per heavy atom. The Balaban J connectivity index is 3.36. The zero-order chi connectivity index (χ0) is 16.6. The highest BCUT2D eigenvalue weighted by Gasteiger charge is 2.34. The summed E-state index contributed by atoms with van der Waals surface area (Å²) >= 11 is 0. The number of carbonyl (C=O) groups is 1. The van der Waals surface area contributed by atoms with E-state index >= 15 is 0 Å². The molecule has 118 valence electrons. The highest BCUT2D eigenvalue weighted by molar-refractivity contribution is 7.94. The summed E-state index contributed by atoms with van der Waals surface area (Å²) in [6.45, 7) is 4.12. The summed E-state index contributed by atoms with van der Waals surface area (Å²) in [4.78, 5) is 11.0. The molecule has 1 aromatic carbocycles. The van der Waals surface area contributed by atoms with E-state index in [-0.39, 0.29) is 0 Å². The van der Waals surface area contributed by atoms with Crippen molar-refractivity contribution in [1.29, 1.82) is 0 Å². The summed E-state index contributed by atoms with van der Waals surface area (Å²) < 4.78 is 62.3. The molecule has 9 heteroatoms. The summed E-state index contributed by atoms with van der Waals surface area (Å²) in [6, 6.07) is 1.80. The fourth-order valence-electron chi connectivity index (χ4n) is 1.28. The first-order valence-corrected chi connectivity index (χ1v) is 7.21. The van der Waals surface area contributed by atoms with Crippen molar-refractivity contribution in [2.24, 2.45) is 0 Å². The Hall–Kier alpha value is -1.77. The molecule has 0 aromatic heterocycles. The topological polar surface area (TPSA) is 83.5 Å². The third-order valence-corrected chi connectivity index (χ3v) is 4.73. The molecule has 0 radical (unpaired) electrons.